The van der Waals surface area contributed by atoms with E-state index < -0.39 is 10.8 Å². The van der Waals surface area contributed by atoms with Gasteiger partial charge in [0, 0.05) is 34.9 Å². The average molecular weight is 367 g/mol. The van der Waals surface area contributed by atoms with Gasteiger partial charge in [0.05, 0.1) is 3.57 Å². The molecule has 0 radical (unpaired) electrons. The van der Waals surface area contributed by atoms with E-state index in [4.69, 9.17) is 0 Å². The first-order valence-corrected chi connectivity index (χ1v) is 7.88. The first kappa shape index (κ1) is 14.4. The molecule has 17 heavy (non-hydrogen) atoms. The van der Waals surface area contributed by atoms with E-state index in [1.165, 1.54) is 6.07 Å². The molecule has 0 aliphatic heterocycles. The third-order valence-electron chi connectivity index (χ3n) is 2.10. The maximum absolute atomic E-state index is 11.7. The van der Waals surface area contributed by atoms with Gasteiger partial charge in [-0.05, 0) is 47.2 Å². The highest BCUT2D eigenvalue weighted by Gasteiger charge is 2.07. The molecule has 0 bridgehead atoms. The summed E-state index contributed by atoms with van der Waals surface area (Å²) in [5, 5.41) is 12.2. The van der Waals surface area contributed by atoms with E-state index in [-0.39, 0.29) is 11.7 Å². The molecule has 1 aromatic carbocycles. The van der Waals surface area contributed by atoms with Crippen LogP contribution in [0.25, 0.3) is 0 Å². The number of amides is 1. The molecule has 1 rings (SSSR count). The summed E-state index contributed by atoms with van der Waals surface area (Å²) >= 11 is 1.99. The van der Waals surface area contributed by atoms with Crippen molar-refractivity contribution in [3.8, 4) is 5.75 Å². The molecule has 94 valence electrons. The van der Waals surface area contributed by atoms with E-state index in [0.29, 0.717) is 27.9 Å². The normalized spacial score (nSPS) is 12.1. The van der Waals surface area contributed by atoms with Gasteiger partial charge in [0.1, 0.15) is 5.75 Å². The van der Waals surface area contributed by atoms with E-state index in [1.54, 1.807) is 18.4 Å². The number of benzene rings is 1. The van der Waals surface area contributed by atoms with Gasteiger partial charge in [-0.25, -0.2) is 0 Å². The van der Waals surface area contributed by atoms with Crippen LogP contribution in [0.3, 0.4) is 0 Å². The van der Waals surface area contributed by atoms with E-state index in [1.807, 2.05) is 22.6 Å². The number of rotatable bonds is 5. The zero-order chi connectivity index (χ0) is 12.8. The van der Waals surface area contributed by atoms with Crippen molar-refractivity contribution in [1.29, 1.82) is 0 Å². The Balaban J connectivity index is 2.47. The molecule has 0 heterocycles. The Kier molecular flexibility index (Phi) is 5.90. The molecule has 1 aromatic rings. The minimum Gasteiger partial charge on any atom is -0.507 e. The lowest BCUT2D eigenvalue weighted by molar-refractivity contribution is 0.0953. The summed E-state index contributed by atoms with van der Waals surface area (Å²) < 4.78 is 11.5. The number of nitrogens with one attached hydrogen (secondary N) is 1. The van der Waals surface area contributed by atoms with Crippen LogP contribution in [0.15, 0.2) is 18.2 Å². The molecule has 0 fully saturated rings. The fraction of sp³-hybridized carbons (Fsp3) is 0.364. The van der Waals surface area contributed by atoms with Crippen LogP contribution in [0.4, 0.5) is 0 Å². The van der Waals surface area contributed by atoms with Gasteiger partial charge >= 0.3 is 0 Å². The number of phenolic OH excluding ortho intramolecular Hbond substituents is 1. The molecule has 4 nitrogen and oxygen atoms in total. The van der Waals surface area contributed by atoms with Crippen molar-refractivity contribution in [1.82, 2.24) is 5.32 Å². The molecule has 2 N–H and O–H groups in total. The van der Waals surface area contributed by atoms with Crippen LogP contribution >= 0.6 is 22.6 Å². The summed E-state index contributed by atoms with van der Waals surface area (Å²) in [5.74, 6) is 0.463. The number of hydrogen-bond acceptors (Lipinski definition) is 3. The van der Waals surface area contributed by atoms with Crippen LogP contribution in [-0.4, -0.2) is 33.8 Å². The van der Waals surface area contributed by atoms with E-state index in [2.05, 4.69) is 5.32 Å². The highest BCUT2D eigenvalue weighted by Crippen LogP contribution is 2.20. The van der Waals surface area contributed by atoms with Crippen molar-refractivity contribution < 1.29 is 14.1 Å². The lowest BCUT2D eigenvalue weighted by atomic mass is 10.2. The molecule has 1 unspecified atom stereocenters. The maximum atomic E-state index is 11.7. The molecule has 1 atom stereocenters. The Bertz CT molecular complexity index is 437. The predicted molar refractivity (Wildman–Crippen MR) is 76.7 cm³/mol. The Labute approximate surface area is 116 Å². The summed E-state index contributed by atoms with van der Waals surface area (Å²) in [7, 11) is -0.824. The van der Waals surface area contributed by atoms with Crippen molar-refractivity contribution >= 4 is 39.3 Å². The van der Waals surface area contributed by atoms with Gasteiger partial charge in [-0.3, -0.25) is 9.00 Å². The molecule has 0 spiro atoms. The average Bonchev–Trinajstić information content (AvgIpc) is 2.27. The number of phenols is 1. The fourth-order valence-corrected chi connectivity index (χ4v) is 2.12. The highest BCUT2D eigenvalue weighted by atomic mass is 127. The van der Waals surface area contributed by atoms with Crippen LogP contribution in [0.2, 0.25) is 0 Å². The topological polar surface area (TPSA) is 66.4 Å². The summed E-state index contributed by atoms with van der Waals surface area (Å²) in [6, 6.07) is 4.79. The highest BCUT2D eigenvalue weighted by molar-refractivity contribution is 14.1. The smallest absolute Gasteiger partial charge is 0.251 e. The zero-order valence-electron chi connectivity index (χ0n) is 9.40. The molecule has 0 aliphatic rings. The molecule has 0 saturated heterocycles. The quantitative estimate of drug-likeness (QED) is 0.612. The van der Waals surface area contributed by atoms with Crippen LogP contribution < -0.4 is 5.32 Å². The Morgan fingerprint density at radius 3 is 2.82 bits per heavy atom. The van der Waals surface area contributed by atoms with Crippen molar-refractivity contribution in [3.05, 3.63) is 27.3 Å². The molecule has 0 saturated carbocycles. The Hall–Kier alpha value is -0.630. The van der Waals surface area contributed by atoms with Gasteiger partial charge < -0.3 is 10.4 Å². The molecule has 1 amide bonds. The molecular weight excluding hydrogens is 353 g/mol. The second-order valence-electron chi connectivity index (χ2n) is 3.55. The number of hydrogen-bond donors (Lipinski definition) is 2. The second-order valence-corrected chi connectivity index (χ2v) is 6.27. The van der Waals surface area contributed by atoms with Crippen molar-refractivity contribution in [2.45, 2.75) is 6.42 Å². The van der Waals surface area contributed by atoms with Crippen LogP contribution in [0.1, 0.15) is 16.8 Å². The van der Waals surface area contributed by atoms with Crippen molar-refractivity contribution in [2.75, 3.05) is 18.6 Å². The van der Waals surface area contributed by atoms with Crippen molar-refractivity contribution in [2.24, 2.45) is 0 Å². The predicted octanol–water partition coefficient (Wildman–Crippen LogP) is 1.50. The third-order valence-corrected chi connectivity index (χ3v) is 3.88. The minimum atomic E-state index is -0.824. The molecule has 0 aliphatic carbocycles. The summed E-state index contributed by atoms with van der Waals surface area (Å²) in [6.45, 7) is 0.491. The Morgan fingerprint density at radius 2 is 2.24 bits per heavy atom. The Morgan fingerprint density at radius 1 is 1.53 bits per heavy atom. The van der Waals surface area contributed by atoms with Crippen LogP contribution in [0, 0.1) is 3.57 Å². The maximum Gasteiger partial charge on any atom is 0.251 e. The number of aromatic hydroxyl groups is 1. The first-order valence-electron chi connectivity index (χ1n) is 5.07. The lowest BCUT2D eigenvalue weighted by Crippen LogP contribution is -2.25. The van der Waals surface area contributed by atoms with Gasteiger partial charge in [-0.15, -0.1) is 0 Å². The van der Waals surface area contributed by atoms with E-state index in [0.717, 1.165) is 0 Å². The van der Waals surface area contributed by atoms with Crippen LogP contribution in [0.5, 0.6) is 5.75 Å². The largest absolute Gasteiger partial charge is 0.507 e. The van der Waals surface area contributed by atoms with Gasteiger partial charge in [0.15, 0.2) is 0 Å². The summed E-state index contributed by atoms with van der Waals surface area (Å²) in [5.41, 5.74) is 0.431. The number of carbonyl (C=O) groups excluding carboxylic acids is 1. The van der Waals surface area contributed by atoms with Gasteiger partial charge in [-0.2, -0.15) is 0 Å². The molecule has 0 aromatic heterocycles. The van der Waals surface area contributed by atoms with Crippen LogP contribution in [-0.2, 0) is 10.8 Å². The first-order chi connectivity index (χ1) is 8.00. The third kappa shape index (κ3) is 5.03. The number of carbonyl (C=O) groups is 1. The fourth-order valence-electron chi connectivity index (χ4n) is 1.23. The van der Waals surface area contributed by atoms with E-state index in [9.17, 15) is 14.1 Å². The molecule has 6 heteroatoms. The minimum absolute atomic E-state index is 0.105. The van der Waals surface area contributed by atoms with Gasteiger partial charge in [0.2, 0.25) is 0 Å². The van der Waals surface area contributed by atoms with Crippen molar-refractivity contribution in [3.63, 3.8) is 0 Å². The molecular formula is C11H14INO3S. The summed E-state index contributed by atoms with van der Waals surface area (Å²) in [6.07, 6.45) is 2.32. The van der Waals surface area contributed by atoms with Gasteiger partial charge in [0.25, 0.3) is 5.91 Å². The van der Waals surface area contributed by atoms with Gasteiger partial charge in [-0.1, -0.05) is 0 Å². The number of halogens is 1. The van der Waals surface area contributed by atoms with E-state index >= 15 is 0 Å². The second kappa shape index (κ2) is 6.95. The standard InChI is InChI=1S/C11H14INO3S/c1-17(16)6-2-5-13-11(15)8-3-4-9(12)10(14)7-8/h3-4,7,14H,2,5-6H2,1H3,(H,13,15). The lowest BCUT2D eigenvalue weighted by Gasteiger charge is -2.05. The SMILES string of the molecule is CS(=O)CCCNC(=O)c1ccc(I)c(O)c1. The summed E-state index contributed by atoms with van der Waals surface area (Å²) in [4.78, 5) is 11.7. The monoisotopic (exact) mass is 367 g/mol. The zero-order valence-corrected chi connectivity index (χ0v) is 12.4.